The first-order valence-electron chi connectivity index (χ1n) is 4.36. The molecule has 0 aliphatic heterocycles. The molecule has 0 radical (unpaired) electrons. The Morgan fingerprint density at radius 1 is 1.41 bits per heavy atom. The third-order valence-corrected chi connectivity index (χ3v) is 2.64. The fourth-order valence-corrected chi connectivity index (χ4v) is 1.78. The summed E-state index contributed by atoms with van der Waals surface area (Å²) >= 11 is 3.07. The van der Waals surface area contributed by atoms with Crippen LogP contribution < -0.4 is 4.18 Å². The molecule has 0 atom stereocenters. The molecule has 0 saturated heterocycles. The molecule has 17 heavy (non-hydrogen) atoms. The van der Waals surface area contributed by atoms with E-state index in [-0.39, 0.29) is 11.3 Å². The van der Waals surface area contributed by atoms with Crippen molar-refractivity contribution in [1.82, 2.24) is 4.90 Å². The SMILES string of the molecule is CN(C)C(=O)c1ccc(Br)cc1OS(=O)(=O)F. The fourth-order valence-electron chi connectivity index (χ4n) is 1.09. The minimum Gasteiger partial charge on any atom is -0.357 e. The van der Waals surface area contributed by atoms with E-state index in [1.54, 1.807) is 0 Å². The van der Waals surface area contributed by atoms with Crippen LogP contribution in [0.4, 0.5) is 3.89 Å². The lowest BCUT2D eigenvalue weighted by molar-refractivity contribution is 0.0826. The number of hydrogen-bond acceptors (Lipinski definition) is 4. The monoisotopic (exact) mass is 325 g/mol. The van der Waals surface area contributed by atoms with Gasteiger partial charge >= 0.3 is 10.5 Å². The number of benzene rings is 1. The average Bonchev–Trinajstić information content (AvgIpc) is 2.14. The molecule has 0 N–H and O–H groups in total. The van der Waals surface area contributed by atoms with E-state index < -0.39 is 16.4 Å². The van der Waals surface area contributed by atoms with Crippen LogP contribution in [0.15, 0.2) is 22.7 Å². The standard InChI is InChI=1S/C9H9BrFNO4S/c1-12(2)9(13)7-4-3-6(10)5-8(7)16-17(11,14)15/h3-5H,1-2H3. The molecule has 1 rings (SSSR count). The third kappa shape index (κ3) is 3.97. The van der Waals surface area contributed by atoms with E-state index in [2.05, 4.69) is 20.1 Å². The summed E-state index contributed by atoms with van der Waals surface area (Å²) < 4.78 is 37.9. The van der Waals surface area contributed by atoms with E-state index in [1.807, 2.05) is 0 Å². The van der Waals surface area contributed by atoms with Gasteiger partial charge < -0.3 is 9.08 Å². The number of hydrogen-bond donors (Lipinski definition) is 0. The van der Waals surface area contributed by atoms with Crippen LogP contribution in [-0.2, 0) is 10.5 Å². The topological polar surface area (TPSA) is 63.7 Å². The molecule has 0 aliphatic rings. The molecular weight excluding hydrogens is 317 g/mol. The maximum Gasteiger partial charge on any atom is 0.488 e. The molecule has 94 valence electrons. The summed E-state index contributed by atoms with van der Waals surface area (Å²) in [6.07, 6.45) is 0. The highest BCUT2D eigenvalue weighted by Gasteiger charge is 2.19. The normalized spacial score (nSPS) is 11.1. The van der Waals surface area contributed by atoms with Crippen molar-refractivity contribution in [2.24, 2.45) is 0 Å². The van der Waals surface area contributed by atoms with Crippen molar-refractivity contribution >= 4 is 32.3 Å². The summed E-state index contributed by atoms with van der Waals surface area (Å²) in [5.74, 6) is -0.850. The van der Waals surface area contributed by atoms with Crippen molar-refractivity contribution in [1.29, 1.82) is 0 Å². The Bertz CT molecular complexity index is 544. The number of halogens is 2. The van der Waals surface area contributed by atoms with Crippen LogP contribution in [0.3, 0.4) is 0 Å². The molecule has 8 heteroatoms. The second-order valence-corrected chi connectivity index (χ2v) is 5.19. The molecule has 0 bridgehead atoms. The highest BCUT2D eigenvalue weighted by Crippen LogP contribution is 2.26. The van der Waals surface area contributed by atoms with E-state index in [0.717, 1.165) is 0 Å². The molecule has 5 nitrogen and oxygen atoms in total. The molecule has 1 aromatic carbocycles. The number of nitrogens with zero attached hydrogens (tertiary/aromatic N) is 1. The summed E-state index contributed by atoms with van der Waals surface area (Å²) in [6.45, 7) is 0. The first kappa shape index (κ1) is 13.9. The minimum atomic E-state index is -5.17. The van der Waals surface area contributed by atoms with Gasteiger partial charge in [0, 0.05) is 18.6 Å². The summed E-state index contributed by atoms with van der Waals surface area (Å²) in [5, 5.41) is 0. The van der Waals surface area contributed by atoms with Gasteiger partial charge in [0.05, 0.1) is 5.56 Å². The fraction of sp³-hybridized carbons (Fsp3) is 0.222. The van der Waals surface area contributed by atoms with Gasteiger partial charge in [-0.2, -0.15) is 8.42 Å². The zero-order valence-electron chi connectivity index (χ0n) is 8.98. The Balaban J connectivity index is 3.26. The maximum atomic E-state index is 12.5. The van der Waals surface area contributed by atoms with Crippen molar-refractivity contribution in [3.8, 4) is 5.75 Å². The second-order valence-electron chi connectivity index (χ2n) is 3.32. The predicted molar refractivity (Wildman–Crippen MR) is 62.8 cm³/mol. The first-order valence-corrected chi connectivity index (χ1v) is 6.46. The Labute approximate surface area is 107 Å². The largest absolute Gasteiger partial charge is 0.488 e. The molecule has 0 unspecified atom stereocenters. The summed E-state index contributed by atoms with van der Waals surface area (Å²) in [7, 11) is -2.20. The van der Waals surface area contributed by atoms with Gasteiger partial charge in [0.2, 0.25) is 0 Å². The Hall–Kier alpha value is -1.15. The zero-order valence-corrected chi connectivity index (χ0v) is 11.4. The van der Waals surface area contributed by atoms with Crippen LogP contribution in [-0.4, -0.2) is 33.3 Å². The number of amides is 1. The first-order chi connectivity index (χ1) is 7.70. The molecule has 0 fully saturated rings. The number of rotatable bonds is 3. The van der Waals surface area contributed by atoms with Gasteiger partial charge in [-0.05, 0) is 18.2 Å². The summed E-state index contributed by atoms with van der Waals surface area (Å²) in [6, 6.07) is 4.06. The van der Waals surface area contributed by atoms with Crippen LogP contribution in [0, 0.1) is 0 Å². The van der Waals surface area contributed by atoms with Crippen molar-refractivity contribution in [3.05, 3.63) is 28.2 Å². The van der Waals surface area contributed by atoms with Gasteiger partial charge in [-0.15, -0.1) is 0 Å². The predicted octanol–water partition coefficient (Wildman–Crippen LogP) is 1.74. The van der Waals surface area contributed by atoms with Gasteiger partial charge in [-0.25, -0.2) is 0 Å². The molecule has 0 saturated carbocycles. The molecule has 0 aliphatic carbocycles. The highest BCUT2D eigenvalue weighted by molar-refractivity contribution is 9.10. The molecule has 0 spiro atoms. The minimum absolute atomic E-state index is 0.0422. The zero-order chi connectivity index (χ0) is 13.2. The number of carbonyl (C=O) groups is 1. The van der Waals surface area contributed by atoms with Crippen LogP contribution >= 0.6 is 15.9 Å². The van der Waals surface area contributed by atoms with E-state index in [0.29, 0.717) is 4.47 Å². The molecule has 0 heterocycles. The van der Waals surface area contributed by atoms with E-state index in [4.69, 9.17) is 0 Å². The smallest absolute Gasteiger partial charge is 0.357 e. The lowest BCUT2D eigenvalue weighted by Gasteiger charge is -2.13. The van der Waals surface area contributed by atoms with Crippen molar-refractivity contribution in [2.75, 3.05) is 14.1 Å². The third-order valence-electron chi connectivity index (χ3n) is 1.77. The Kier molecular flexibility index (Phi) is 4.10. The van der Waals surface area contributed by atoms with Gasteiger partial charge in [0.15, 0.2) is 5.75 Å². The summed E-state index contributed by atoms with van der Waals surface area (Å²) in [5.41, 5.74) is -0.0422. The molecule has 0 aromatic heterocycles. The van der Waals surface area contributed by atoms with E-state index >= 15 is 0 Å². The molecule has 1 aromatic rings. The molecule has 1 amide bonds. The van der Waals surface area contributed by atoms with E-state index in [1.165, 1.54) is 37.2 Å². The van der Waals surface area contributed by atoms with E-state index in [9.17, 15) is 17.1 Å². The van der Waals surface area contributed by atoms with Crippen LogP contribution in [0.2, 0.25) is 0 Å². The Morgan fingerprint density at radius 2 is 2.00 bits per heavy atom. The van der Waals surface area contributed by atoms with Gasteiger partial charge in [-0.1, -0.05) is 19.8 Å². The van der Waals surface area contributed by atoms with Crippen molar-refractivity contribution < 1.29 is 21.3 Å². The van der Waals surface area contributed by atoms with Gasteiger partial charge in [0.1, 0.15) is 0 Å². The highest BCUT2D eigenvalue weighted by atomic mass is 79.9. The van der Waals surface area contributed by atoms with Crippen molar-refractivity contribution in [2.45, 2.75) is 0 Å². The van der Waals surface area contributed by atoms with Gasteiger partial charge in [0.25, 0.3) is 5.91 Å². The van der Waals surface area contributed by atoms with Crippen LogP contribution in [0.5, 0.6) is 5.75 Å². The van der Waals surface area contributed by atoms with Crippen LogP contribution in [0.1, 0.15) is 10.4 Å². The number of carbonyl (C=O) groups excluding carboxylic acids is 1. The summed E-state index contributed by atoms with van der Waals surface area (Å²) in [4.78, 5) is 12.9. The maximum absolute atomic E-state index is 12.5. The van der Waals surface area contributed by atoms with Crippen molar-refractivity contribution in [3.63, 3.8) is 0 Å². The quantitative estimate of drug-likeness (QED) is 0.794. The average molecular weight is 326 g/mol. The van der Waals surface area contributed by atoms with Gasteiger partial charge in [-0.3, -0.25) is 4.79 Å². The lowest BCUT2D eigenvalue weighted by Crippen LogP contribution is -2.22. The van der Waals surface area contributed by atoms with Crippen LogP contribution in [0.25, 0.3) is 0 Å². The molecular formula is C9H9BrFNO4S. The Morgan fingerprint density at radius 3 is 2.47 bits per heavy atom. The lowest BCUT2D eigenvalue weighted by atomic mass is 10.2. The second kappa shape index (κ2) is 5.01.